The van der Waals surface area contributed by atoms with E-state index in [1.165, 1.54) is 17.3 Å². The highest BCUT2D eigenvalue weighted by Crippen LogP contribution is 2.24. The quantitative estimate of drug-likeness (QED) is 0.690. The number of aromatic nitrogens is 5. The van der Waals surface area contributed by atoms with Gasteiger partial charge in [0.2, 0.25) is 11.8 Å². The molecule has 2 aromatic heterocycles. The normalized spacial score (nSPS) is 11.0. The topological polar surface area (TPSA) is 69.6 Å². The molecule has 0 N–H and O–H groups in total. The molecule has 0 amide bonds. The van der Waals surface area contributed by atoms with E-state index in [0.29, 0.717) is 17.5 Å². The van der Waals surface area contributed by atoms with Gasteiger partial charge in [0.25, 0.3) is 0 Å². The first kappa shape index (κ1) is 13.8. The van der Waals surface area contributed by atoms with Crippen LogP contribution in [0.15, 0.2) is 33.8 Å². The summed E-state index contributed by atoms with van der Waals surface area (Å²) in [6, 6.07) is 8.24. The number of hydrogen-bond donors (Lipinski definition) is 0. The van der Waals surface area contributed by atoms with Crippen LogP contribution in [-0.2, 0) is 12.8 Å². The first-order valence-corrected chi connectivity index (χ1v) is 7.50. The molecule has 3 aromatic rings. The number of benzene rings is 1. The molecule has 0 spiro atoms. The van der Waals surface area contributed by atoms with Crippen molar-refractivity contribution in [3.05, 3.63) is 41.6 Å². The van der Waals surface area contributed by atoms with Crippen molar-refractivity contribution in [2.24, 2.45) is 7.05 Å². The number of hydrogen-bond acceptors (Lipinski definition) is 6. The molecule has 0 bridgehead atoms. The van der Waals surface area contributed by atoms with E-state index in [9.17, 15) is 0 Å². The van der Waals surface area contributed by atoms with Crippen molar-refractivity contribution in [3.8, 4) is 11.4 Å². The molecule has 0 saturated carbocycles. The summed E-state index contributed by atoms with van der Waals surface area (Å²) in [7, 11) is 1.95. The first-order chi connectivity index (χ1) is 10.1. The summed E-state index contributed by atoms with van der Waals surface area (Å²) in [5.74, 6) is 2.60. The molecule has 0 aliphatic heterocycles. The van der Waals surface area contributed by atoms with Crippen LogP contribution < -0.4 is 0 Å². The first-order valence-electron chi connectivity index (χ1n) is 6.51. The zero-order valence-corrected chi connectivity index (χ0v) is 12.9. The van der Waals surface area contributed by atoms with Crippen LogP contribution in [-0.4, -0.2) is 25.0 Å². The zero-order valence-electron chi connectivity index (χ0n) is 12.1. The third-order valence-electron chi connectivity index (χ3n) is 3.04. The van der Waals surface area contributed by atoms with Gasteiger partial charge in [-0.3, -0.25) is 0 Å². The van der Waals surface area contributed by atoms with Gasteiger partial charge in [0.15, 0.2) is 11.0 Å². The maximum absolute atomic E-state index is 5.35. The second-order valence-electron chi connectivity index (χ2n) is 4.73. The van der Waals surface area contributed by atoms with Crippen LogP contribution in [0.25, 0.3) is 11.4 Å². The smallest absolute Gasteiger partial charge is 0.226 e. The van der Waals surface area contributed by atoms with Crippen LogP contribution >= 0.6 is 11.8 Å². The highest BCUT2D eigenvalue weighted by Gasteiger charge is 2.12. The van der Waals surface area contributed by atoms with E-state index in [2.05, 4.69) is 51.6 Å². The number of thioether (sulfide) groups is 1. The fourth-order valence-electron chi connectivity index (χ4n) is 1.92. The minimum atomic E-state index is 0.573. The average Bonchev–Trinajstić information content (AvgIpc) is 3.04. The number of rotatable bonds is 4. The summed E-state index contributed by atoms with van der Waals surface area (Å²) < 4.78 is 7.32. The minimum Gasteiger partial charge on any atom is -0.425 e. The standard InChI is InChI=1S/C14H15N5OS/c1-9-4-6-11(7-5-9)13-17-18-14(19(13)3)21-8-12-16-15-10(2)20-12/h4-7H,8H2,1-3H3. The molecule has 2 heterocycles. The van der Waals surface area contributed by atoms with Gasteiger partial charge < -0.3 is 8.98 Å². The molecular formula is C14H15N5OS. The third-order valence-corrected chi connectivity index (χ3v) is 4.04. The number of nitrogens with zero attached hydrogens (tertiary/aromatic N) is 5. The molecule has 0 radical (unpaired) electrons. The van der Waals surface area contributed by atoms with Crippen molar-refractivity contribution in [3.63, 3.8) is 0 Å². The zero-order chi connectivity index (χ0) is 14.8. The van der Waals surface area contributed by atoms with Crippen molar-refractivity contribution in [2.75, 3.05) is 0 Å². The molecule has 0 saturated heterocycles. The second kappa shape index (κ2) is 5.69. The molecule has 21 heavy (non-hydrogen) atoms. The van der Waals surface area contributed by atoms with Gasteiger partial charge >= 0.3 is 0 Å². The molecule has 0 fully saturated rings. The fraction of sp³-hybridized carbons (Fsp3) is 0.286. The lowest BCUT2D eigenvalue weighted by molar-refractivity contribution is 0.485. The van der Waals surface area contributed by atoms with Gasteiger partial charge in [-0.15, -0.1) is 20.4 Å². The van der Waals surface area contributed by atoms with Crippen molar-refractivity contribution in [1.82, 2.24) is 25.0 Å². The molecule has 7 heteroatoms. The Bertz CT molecular complexity index is 747. The number of aryl methyl sites for hydroxylation is 2. The Hall–Kier alpha value is -2.15. The Morgan fingerprint density at radius 1 is 1.05 bits per heavy atom. The highest BCUT2D eigenvalue weighted by molar-refractivity contribution is 7.98. The van der Waals surface area contributed by atoms with Crippen LogP contribution in [0.2, 0.25) is 0 Å². The van der Waals surface area contributed by atoms with Gasteiger partial charge in [0, 0.05) is 19.5 Å². The van der Waals surface area contributed by atoms with Crippen molar-refractivity contribution < 1.29 is 4.42 Å². The Morgan fingerprint density at radius 2 is 1.81 bits per heavy atom. The molecule has 0 aliphatic rings. The van der Waals surface area contributed by atoms with Gasteiger partial charge in [0.1, 0.15) is 0 Å². The Balaban J connectivity index is 1.77. The monoisotopic (exact) mass is 301 g/mol. The summed E-state index contributed by atoms with van der Waals surface area (Å²) in [5, 5.41) is 17.1. The highest BCUT2D eigenvalue weighted by atomic mass is 32.2. The molecule has 108 valence electrons. The Labute approximate surface area is 126 Å². The van der Waals surface area contributed by atoms with E-state index in [-0.39, 0.29) is 0 Å². The lowest BCUT2D eigenvalue weighted by Gasteiger charge is -2.03. The Morgan fingerprint density at radius 3 is 2.48 bits per heavy atom. The molecule has 1 aromatic carbocycles. The van der Waals surface area contributed by atoms with E-state index < -0.39 is 0 Å². The summed E-state index contributed by atoms with van der Waals surface area (Å²) in [6.07, 6.45) is 0. The van der Waals surface area contributed by atoms with E-state index in [0.717, 1.165) is 16.5 Å². The van der Waals surface area contributed by atoms with Crippen LogP contribution in [0.4, 0.5) is 0 Å². The summed E-state index contributed by atoms with van der Waals surface area (Å²) in [4.78, 5) is 0. The average molecular weight is 301 g/mol. The van der Waals surface area contributed by atoms with Crippen LogP contribution in [0, 0.1) is 13.8 Å². The predicted molar refractivity (Wildman–Crippen MR) is 79.8 cm³/mol. The van der Waals surface area contributed by atoms with Crippen molar-refractivity contribution >= 4 is 11.8 Å². The lowest BCUT2D eigenvalue weighted by atomic mass is 10.1. The van der Waals surface area contributed by atoms with Crippen LogP contribution in [0.1, 0.15) is 17.3 Å². The third kappa shape index (κ3) is 2.97. The van der Waals surface area contributed by atoms with Crippen molar-refractivity contribution in [2.45, 2.75) is 24.8 Å². The maximum Gasteiger partial charge on any atom is 0.226 e. The molecule has 3 rings (SSSR count). The van der Waals surface area contributed by atoms with Crippen LogP contribution in [0.5, 0.6) is 0 Å². The summed E-state index contributed by atoms with van der Waals surface area (Å²) in [5.41, 5.74) is 2.28. The van der Waals surface area contributed by atoms with Gasteiger partial charge in [0.05, 0.1) is 5.75 Å². The van der Waals surface area contributed by atoms with Crippen LogP contribution in [0.3, 0.4) is 0 Å². The summed E-state index contributed by atoms with van der Waals surface area (Å²) in [6.45, 7) is 3.84. The maximum atomic E-state index is 5.35. The van der Waals surface area contributed by atoms with Gasteiger partial charge in [-0.05, 0) is 6.92 Å². The van der Waals surface area contributed by atoms with Gasteiger partial charge in [-0.1, -0.05) is 41.6 Å². The van der Waals surface area contributed by atoms with Gasteiger partial charge in [-0.2, -0.15) is 0 Å². The SMILES string of the molecule is Cc1ccc(-c2nnc(SCc3nnc(C)o3)n2C)cc1. The van der Waals surface area contributed by atoms with E-state index in [1.807, 2.05) is 11.6 Å². The lowest BCUT2D eigenvalue weighted by Crippen LogP contribution is -1.95. The van der Waals surface area contributed by atoms with E-state index >= 15 is 0 Å². The van der Waals surface area contributed by atoms with E-state index in [4.69, 9.17) is 4.42 Å². The molecular weight excluding hydrogens is 286 g/mol. The van der Waals surface area contributed by atoms with Crippen molar-refractivity contribution in [1.29, 1.82) is 0 Å². The Kier molecular flexibility index (Phi) is 3.74. The minimum absolute atomic E-state index is 0.573. The fourth-order valence-corrected chi connectivity index (χ4v) is 2.66. The largest absolute Gasteiger partial charge is 0.425 e. The predicted octanol–water partition coefficient (Wildman–Crippen LogP) is 2.77. The molecule has 0 atom stereocenters. The molecule has 6 nitrogen and oxygen atoms in total. The van der Waals surface area contributed by atoms with Gasteiger partial charge in [-0.25, -0.2) is 0 Å². The molecule has 0 unspecified atom stereocenters. The summed E-state index contributed by atoms with van der Waals surface area (Å²) >= 11 is 1.53. The molecule has 0 aliphatic carbocycles. The van der Waals surface area contributed by atoms with E-state index in [1.54, 1.807) is 6.92 Å². The second-order valence-corrected chi connectivity index (χ2v) is 5.68.